The van der Waals surface area contributed by atoms with E-state index in [0.717, 1.165) is 16.7 Å². The summed E-state index contributed by atoms with van der Waals surface area (Å²) in [6.45, 7) is 1.39. The third-order valence-corrected chi connectivity index (χ3v) is 6.15. The van der Waals surface area contributed by atoms with Gasteiger partial charge in [0, 0.05) is 16.6 Å². The third kappa shape index (κ3) is 5.94. The predicted molar refractivity (Wildman–Crippen MR) is 127 cm³/mol. The van der Waals surface area contributed by atoms with Gasteiger partial charge in [0.2, 0.25) is 0 Å². The number of non-ortho nitro benzene ring substituents is 1. The molecule has 0 spiro atoms. The van der Waals surface area contributed by atoms with Crippen molar-refractivity contribution >= 4 is 56.6 Å². The molecule has 2 amide bonds. The maximum Gasteiger partial charge on any atom is 0.326 e. The molecule has 2 aromatic rings. The summed E-state index contributed by atoms with van der Waals surface area (Å²) in [5.41, 5.74) is 1.11. The Hall–Kier alpha value is -3.38. The molecule has 1 fully saturated rings. The second-order valence-electron chi connectivity index (χ2n) is 6.81. The highest BCUT2D eigenvalue weighted by Gasteiger charge is 2.36. The molecule has 0 aromatic heterocycles. The van der Waals surface area contributed by atoms with Crippen molar-refractivity contribution in [3.63, 3.8) is 0 Å². The summed E-state index contributed by atoms with van der Waals surface area (Å²) in [4.78, 5) is 47.9. The van der Waals surface area contributed by atoms with Crippen molar-refractivity contribution in [2.75, 3.05) is 20.3 Å². The Balaban J connectivity index is 1.79. The maximum absolute atomic E-state index is 12.6. The molecular formula is C22H19BrN2O8S. The summed E-state index contributed by atoms with van der Waals surface area (Å²) in [5, 5.41) is 10.4. The van der Waals surface area contributed by atoms with Crippen LogP contribution in [0.5, 0.6) is 11.5 Å². The number of esters is 1. The highest BCUT2D eigenvalue weighted by molar-refractivity contribution is 9.10. The first-order valence-corrected chi connectivity index (χ1v) is 11.5. The molecule has 0 atom stereocenters. The number of hydrogen-bond acceptors (Lipinski definition) is 9. The number of halogens is 1. The van der Waals surface area contributed by atoms with E-state index in [-0.39, 0.29) is 23.8 Å². The van der Waals surface area contributed by atoms with E-state index in [9.17, 15) is 24.5 Å². The van der Waals surface area contributed by atoms with E-state index >= 15 is 0 Å². The molecule has 0 aliphatic carbocycles. The van der Waals surface area contributed by atoms with Crippen molar-refractivity contribution in [3.05, 3.63) is 67.0 Å². The number of methoxy groups -OCH3 is 1. The van der Waals surface area contributed by atoms with Gasteiger partial charge in [-0.05, 0) is 48.0 Å². The first-order valence-electron chi connectivity index (χ1n) is 9.88. The molecule has 1 aliphatic heterocycles. The van der Waals surface area contributed by atoms with E-state index in [1.165, 1.54) is 25.3 Å². The molecule has 1 heterocycles. The molecule has 178 valence electrons. The van der Waals surface area contributed by atoms with Gasteiger partial charge >= 0.3 is 5.97 Å². The van der Waals surface area contributed by atoms with Gasteiger partial charge in [-0.25, -0.2) is 0 Å². The van der Waals surface area contributed by atoms with Crippen LogP contribution in [-0.2, 0) is 20.9 Å². The fourth-order valence-corrected chi connectivity index (χ4v) is 4.23. The Bertz CT molecular complexity index is 1180. The van der Waals surface area contributed by atoms with Crippen LogP contribution in [0.4, 0.5) is 10.5 Å². The van der Waals surface area contributed by atoms with E-state index in [4.69, 9.17) is 14.2 Å². The van der Waals surface area contributed by atoms with Crippen LogP contribution in [0.15, 0.2) is 45.8 Å². The van der Waals surface area contributed by atoms with Gasteiger partial charge in [0.15, 0.2) is 11.5 Å². The van der Waals surface area contributed by atoms with Gasteiger partial charge in [0.25, 0.3) is 16.8 Å². The number of thioether (sulfide) groups is 1. The number of imide groups is 1. The zero-order valence-corrected chi connectivity index (χ0v) is 20.5. The summed E-state index contributed by atoms with van der Waals surface area (Å²) in [7, 11) is 1.44. The molecule has 34 heavy (non-hydrogen) atoms. The number of rotatable bonds is 9. The van der Waals surface area contributed by atoms with Gasteiger partial charge in [-0.15, -0.1) is 0 Å². The minimum absolute atomic E-state index is 0.0403. The first kappa shape index (κ1) is 25.2. The van der Waals surface area contributed by atoms with Crippen LogP contribution >= 0.6 is 27.7 Å². The van der Waals surface area contributed by atoms with E-state index < -0.39 is 28.6 Å². The average molecular weight is 551 g/mol. The molecule has 1 aliphatic rings. The van der Waals surface area contributed by atoms with Crippen molar-refractivity contribution in [2.24, 2.45) is 0 Å². The summed E-state index contributed by atoms with van der Waals surface area (Å²) in [5.74, 6) is -0.543. The van der Waals surface area contributed by atoms with Crippen LogP contribution in [0.25, 0.3) is 6.08 Å². The summed E-state index contributed by atoms with van der Waals surface area (Å²) in [6, 6.07) is 9.33. The Morgan fingerprint density at radius 1 is 1.24 bits per heavy atom. The molecule has 12 heteroatoms. The largest absolute Gasteiger partial charge is 0.493 e. The standard InChI is InChI=1S/C22H19BrN2O8S/c1-3-32-20(26)11-24-21(27)19(34-22(24)28)9-14-8-17(31-2)18(10-16(14)23)33-12-13-5-4-6-15(7-13)25(29)30/h4-10H,3,11-12H2,1-2H3/b19-9+. The lowest BCUT2D eigenvalue weighted by Crippen LogP contribution is -2.34. The number of amides is 2. The Morgan fingerprint density at radius 3 is 2.68 bits per heavy atom. The lowest BCUT2D eigenvalue weighted by molar-refractivity contribution is -0.384. The van der Waals surface area contributed by atoms with Crippen molar-refractivity contribution in [1.82, 2.24) is 4.90 Å². The number of nitrogens with zero attached hydrogens (tertiary/aromatic N) is 2. The second kappa shape index (κ2) is 11.2. The maximum atomic E-state index is 12.6. The van der Waals surface area contributed by atoms with Gasteiger partial charge in [0.1, 0.15) is 13.2 Å². The molecule has 2 aromatic carbocycles. The molecule has 0 saturated carbocycles. The van der Waals surface area contributed by atoms with Crippen LogP contribution in [0.2, 0.25) is 0 Å². The summed E-state index contributed by atoms with van der Waals surface area (Å²) in [6.07, 6.45) is 1.51. The quantitative estimate of drug-likeness (QED) is 0.191. The zero-order chi connectivity index (χ0) is 24.8. The second-order valence-corrected chi connectivity index (χ2v) is 8.66. The molecule has 0 N–H and O–H groups in total. The van der Waals surface area contributed by atoms with E-state index in [0.29, 0.717) is 27.1 Å². The molecule has 0 unspecified atom stereocenters. The average Bonchev–Trinajstić information content (AvgIpc) is 3.06. The summed E-state index contributed by atoms with van der Waals surface area (Å²) >= 11 is 4.14. The van der Waals surface area contributed by atoms with Gasteiger partial charge < -0.3 is 14.2 Å². The number of ether oxygens (including phenoxy) is 3. The zero-order valence-electron chi connectivity index (χ0n) is 18.1. The predicted octanol–water partition coefficient (Wildman–Crippen LogP) is 4.54. The van der Waals surface area contributed by atoms with Gasteiger partial charge in [-0.3, -0.25) is 29.4 Å². The SMILES string of the molecule is CCOC(=O)CN1C(=O)S/C(=C/c2cc(OC)c(OCc3cccc([N+](=O)[O-])c3)cc2Br)C1=O. The first-order chi connectivity index (χ1) is 16.2. The van der Waals surface area contributed by atoms with Crippen LogP contribution < -0.4 is 9.47 Å². The lowest BCUT2D eigenvalue weighted by atomic mass is 10.1. The minimum Gasteiger partial charge on any atom is -0.493 e. The fraction of sp³-hybridized carbons (Fsp3) is 0.227. The van der Waals surface area contributed by atoms with E-state index in [2.05, 4.69) is 15.9 Å². The monoisotopic (exact) mass is 550 g/mol. The number of nitro groups is 1. The fourth-order valence-electron chi connectivity index (χ4n) is 2.97. The van der Waals surface area contributed by atoms with Crippen molar-refractivity contribution in [3.8, 4) is 11.5 Å². The third-order valence-electron chi connectivity index (χ3n) is 4.55. The van der Waals surface area contributed by atoms with Gasteiger partial charge in [-0.2, -0.15) is 0 Å². The topological polar surface area (TPSA) is 125 Å². The van der Waals surface area contributed by atoms with Crippen LogP contribution in [0.3, 0.4) is 0 Å². The van der Waals surface area contributed by atoms with E-state index in [1.54, 1.807) is 31.2 Å². The molecule has 10 nitrogen and oxygen atoms in total. The number of carbonyl (C=O) groups excluding carboxylic acids is 3. The Kier molecular flexibility index (Phi) is 8.29. The molecule has 0 bridgehead atoms. The molecule has 3 rings (SSSR count). The van der Waals surface area contributed by atoms with Gasteiger partial charge in [0.05, 0.1) is 23.5 Å². The Morgan fingerprint density at radius 2 is 2.00 bits per heavy atom. The highest BCUT2D eigenvalue weighted by Crippen LogP contribution is 2.38. The number of benzene rings is 2. The van der Waals surface area contributed by atoms with Crippen molar-refractivity contribution < 1.29 is 33.5 Å². The van der Waals surface area contributed by atoms with Gasteiger partial charge in [-0.1, -0.05) is 28.1 Å². The van der Waals surface area contributed by atoms with Crippen molar-refractivity contribution in [2.45, 2.75) is 13.5 Å². The number of carbonyl (C=O) groups is 3. The van der Waals surface area contributed by atoms with E-state index in [1.807, 2.05) is 0 Å². The Labute approximate surface area is 207 Å². The number of nitro benzene ring substituents is 1. The highest BCUT2D eigenvalue weighted by atomic mass is 79.9. The van der Waals surface area contributed by atoms with Crippen LogP contribution in [0, 0.1) is 10.1 Å². The summed E-state index contributed by atoms with van der Waals surface area (Å²) < 4.78 is 16.5. The smallest absolute Gasteiger partial charge is 0.326 e. The number of hydrogen-bond donors (Lipinski definition) is 0. The minimum atomic E-state index is -0.667. The normalized spacial score (nSPS) is 14.4. The molecule has 0 radical (unpaired) electrons. The van der Waals surface area contributed by atoms with Crippen LogP contribution in [0.1, 0.15) is 18.1 Å². The molecule has 1 saturated heterocycles. The van der Waals surface area contributed by atoms with Crippen molar-refractivity contribution in [1.29, 1.82) is 0 Å². The van der Waals surface area contributed by atoms with Crippen LogP contribution in [-0.4, -0.2) is 47.2 Å². The molecular weight excluding hydrogens is 532 g/mol. The lowest BCUT2D eigenvalue weighted by Gasteiger charge is -2.13.